The highest BCUT2D eigenvalue weighted by molar-refractivity contribution is 6.31. The number of nitrogens with one attached hydrogen (secondary N) is 2. The molecule has 132 valence electrons. The summed E-state index contributed by atoms with van der Waals surface area (Å²) >= 11 is 6.01. The van der Waals surface area contributed by atoms with E-state index in [-0.39, 0.29) is 24.8 Å². The average Bonchev–Trinajstić information content (AvgIpc) is 3.19. The van der Waals surface area contributed by atoms with Crippen LogP contribution in [0, 0.1) is 0 Å². The van der Waals surface area contributed by atoms with Gasteiger partial charge in [-0.1, -0.05) is 11.6 Å². The molecule has 1 aromatic heterocycles. The fraction of sp³-hybridized carbons (Fsp3) is 0.111. The van der Waals surface area contributed by atoms with Crippen LogP contribution in [0.15, 0.2) is 36.4 Å². The SMILES string of the molecule is O=C(Cc1c(C(=O)O)[nH]c2ccc(Cl)cc12)Nc1ccc2c(c1)OCO2. The fourth-order valence-electron chi connectivity index (χ4n) is 2.93. The maximum Gasteiger partial charge on any atom is 0.352 e. The second kappa shape index (κ2) is 6.27. The Hall–Kier alpha value is -3.19. The highest BCUT2D eigenvalue weighted by Crippen LogP contribution is 2.34. The van der Waals surface area contributed by atoms with Gasteiger partial charge >= 0.3 is 5.97 Å². The molecule has 0 aliphatic carbocycles. The number of carbonyl (C=O) groups is 2. The molecule has 0 atom stereocenters. The van der Waals surface area contributed by atoms with Crippen molar-refractivity contribution in [3.8, 4) is 11.5 Å². The number of aromatic nitrogens is 1. The molecule has 1 aliphatic rings. The highest BCUT2D eigenvalue weighted by Gasteiger charge is 2.20. The van der Waals surface area contributed by atoms with Crippen LogP contribution in [0.2, 0.25) is 5.02 Å². The van der Waals surface area contributed by atoms with E-state index >= 15 is 0 Å². The summed E-state index contributed by atoms with van der Waals surface area (Å²) in [4.78, 5) is 26.8. The van der Waals surface area contributed by atoms with E-state index in [0.29, 0.717) is 38.7 Å². The van der Waals surface area contributed by atoms with E-state index in [1.54, 1.807) is 36.4 Å². The Morgan fingerprint density at radius 1 is 1.15 bits per heavy atom. The van der Waals surface area contributed by atoms with Crippen LogP contribution in [-0.4, -0.2) is 28.8 Å². The number of fused-ring (bicyclic) bond motifs is 2. The third-order valence-electron chi connectivity index (χ3n) is 4.08. The quantitative estimate of drug-likeness (QED) is 0.651. The third-order valence-corrected chi connectivity index (χ3v) is 4.31. The lowest BCUT2D eigenvalue weighted by atomic mass is 10.1. The number of carboxylic acids is 1. The minimum Gasteiger partial charge on any atom is -0.477 e. The fourth-order valence-corrected chi connectivity index (χ4v) is 3.10. The topological polar surface area (TPSA) is 101 Å². The number of halogens is 1. The molecule has 8 heteroatoms. The van der Waals surface area contributed by atoms with Gasteiger partial charge < -0.3 is 24.9 Å². The van der Waals surface area contributed by atoms with Gasteiger partial charge in [-0.3, -0.25) is 4.79 Å². The smallest absolute Gasteiger partial charge is 0.352 e. The second-order valence-electron chi connectivity index (χ2n) is 5.77. The van der Waals surface area contributed by atoms with E-state index in [0.717, 1.165) is 0 Å². The molecule has 2 aromatic carbocycles. The van der Waals surface area contributed by atoms with Crippen LogP contribution in [-0.2, 0) is 11.2 Å². The molecule has 0 spiro atoms. The van der Waals surface area contributed by atoms with Crippen molar-refractivity contribution in [3.63, 3.8) is 0 Å². The van der Waals surface area contributed by atoms with E-state index in [1.807, 2.05) is 0 Å². The van der Waals surface area contributed by atoms with Crippen molar-refractivity contribution in [2.45, 2.75) is 6.42 Å². The van der Waals surface area contributed by atoms with Gasteiger partial charge in [-0.25, -0.2) is 4.79 Å². The number of hydrogen-bond acceptors (Lipinski definition) is 4. The number of anilines is 1. The summed E-state index contributed by atoms with van der Waals surface area (Å²) in [5, 5.41) is 13.2. The van der Waals surface area contributed by atoms with Crippen molar-refractivity contribution >= 4 is 40.1 Å². The number of amides is 1. The molecule has 1 aliphatic heterocycles. The summed E-state index contributed by atoms with van der Waals surface area (Å²) in [7, 11) is 0. The Kier molecular flexibility index (Phi) is 3.93. The third kappa shape index (κ3) is 2.93. The van der Waals surface area contributed by atoms with Gasteiger partial charge in [0.15, 0.2) is 11.5 Å². The van der Waals surface area contributed by atoms with E-state index in [9.17, 15) is 14.7 Å². The van der Waals surface area contributed by atoms with Gasteiger partial charge in [0.1, 0.15) is 5.69 Å². The number of aromatic carboxylic acids is 1. The van der Waals surface area contributed by atoms with E-state index < -0.39 is 5.97 Å². The molecule has 0 unspecified atom stereocenters. The van der Waals surface area contributed by atoms with Crippen LogP contribution >= 0.6 is 11.6 Å². The first kappa shape index (κ1) is 16.3. The molecule has 1 amide bonds. The molecule has 0 radical (unpaired) electrons. The van der Waals surface area contributed by atoms with Gasteiger partial charge in [-0.2, -0.15) is 0 Å². The van der Waals surface area contributed by atoms with Crippen molar-refractivity contribution in [2.75, 3.05) is 12.1 Å². The van der Waals surface area contributed by atoms with Gasteiger partial charge in [-0.15, -0.1) is 0 Å². The van der Waals surface area contributed by atoms with Crippen LogP contribution in [0.3, 0.4) is 0 Å². The Bertz CT molecular complexity index is 1040. The lowest BCUT2D eigenvalue weighted by Crippen LogP contribution is -2.16. The zero-order valence-corrected chi connectivity index (χ0v) is 14.1. The van der Waals surface area contributed by atoms with Crippen LogP contribution in [0.5, 0.6) is 11.5 Å². The summed E-state index contributed by atoms with van der Waals surface area (Å²) < 4.78 is 10.5. The lowest BCUT2D eigenvalue weighted by Gasteiger charge is -2.07. The lowest BCUT2D eigenvalue weighted by molar-refractivity contribution is -0.115. The van der Waals surface area contributed by atoms with Crippen LogP contribution in [0.25, 0.3) is 10.9 Å². The second-order valence-corrected chi connectivity index (χ2v) is 6.20. The molecule has 3 aromatic rings. The minimum atomic E-state index is -1.14. The number of carbonyl (C=O) groups excluding carboxylic acids is 1. The summed E-state index contributed by atoms with van der Waals surface area (Å²) in [6, 6.07) is 10.0. The average molecular weight is 373 g/mol. The molecule has 0 fully saturated rings. The number of rotatable bonds is 4. The largest absolute Gasteiger partial charge is 0.477 e. The monoisotopic (exact) mass is 372 g/mol. The standard InChI is InChI=1S/C18H13ClN2O5/c19-9-1-3-13-11(5-9)12(17(21-13)18(23)24)7-16(22)20-10-2-4-14-15(6-10)26-8-25-14/h1-6,21H,7-8H2,(H,20,22)(H,23,24). The van der Waals surface area contributed by atoms with Crippen molar-refractivity contribution in [1.29, 1.82) is 0 Å². The van der Waals surface area contributed by atoms with Gasteiger partial charge in [0.05, 0.1) is 6.42 Å². The van der Waals surface area contributed by atoms with Crippen LogP contribution in [0.4, 0.5) is 5.69 Å². The molecular weight excluding hydrogens is 360 g/mol. The summed E-state index contributed by atoms with van der Waals surface area (Å²) in [5.74, 6) is -0.328. The summed E-state index contributed by atoms with van der Waals surface area (Å²) in [6.45, 7) is 0.144. The number of carboxylic acid groups (broad SMARTS) is 1. The van der Waals surface area contributed by atoms with E-state index in [4.69, 9.17) is 21.1 Å². The van der Waals surface area contributed by atoms with Gasteiger partial charge in [0.25, 0.3) is 0 Å². The van der Waals surface area contributed by atoms with Crippen molar-refractivity contribution in [1.82, 2.24) is 4.98 Å². The molecule has 4 rings (SSSR count). The number of ether oxygens (including phenoxy) is 2. The summed E-state index contributed by atoms with van der Waals surface area (Å²) in [6.07, 6.45) is -0.115. The summed E-state index contributed by atoms with van der Waals surface area (Å²) in [5.41, 5.74) is 1.50. The molecule has 26 heavy (non-hydrogen) atoms. The Morgan fingerprint density at radius 3 is 2.77 bits per heavy atom. The van der Waals surface area contributed by atoms with Crippen molar-refractivity contribution < 1.29 is 24.2 Å². The maximum atomic E-state index is 12.5. The zero-order chi connectivity index (χ0) is 18.3. The number of benzene rings is 2. The number of H-pyrrole nitrogens is 1. The van der Waals surface area contributed by atoms with Crippen molar-refractivity contribution in [2.24, 2.45) is 0 Å². The molecule has 7 nitrogen and oxygen atoms in total. The first-order chi connectivity index (χ1) is 12.5. The molecule has 2 heterocycles. The predicted molar refractivity (Wildman–Crippen MR) is 95.2 cm³/mol. The molecule has 3 N–H and O–H groups in total. The predicted octanol–water partition coefficient (Wildman–Crippen LogP) is 3.43. The normalized spacial score (nSPS) is 12.3. The first-order valence-corrected chi connectivity index (χ1v) is 8.12. The number of hydrogen-bond donors (Lipinski definition) is 3. The Balaban J connectivity index is 1.62. The first-order valence-electron chi connectivity index (χ1n) is 7.74. The zero-order valence-electron chi connectivity index (χ0n) is 13.3. The minimum absolute atomic E-state index is 0.0249. The van der Waals surface area contributed by atoms with Crippen LogP contribution in [0.1, 0.15) is 16.1 Å². The molecular formula is C18H13ClN2O5. The Labute approximate surface area is 152 Å². The van der Waals surface area contributed by atoms with Gasteiger partial charge in [0.2, 0.25) is 12.7 Å². The highest BCUT2D eigenvalue weighted by atomic mass is 35.5. The maximum absolute atomic E-state index is 12.5. The Morgan fingerprint density at radius 2 is 1.96 bits per heavy atom. The van der Waals surface area contributed by atoms with Gasteiger partial charge in [0, 0.05) is 33.2 Å². The van der Waals surface area contributed by atoms with E-state index in [2.05, 4.69) is 10.3 Å². The molecule has 0 saturated carbocycles. The van der Waals surface area contributed by atoms with Crippen molar-refractivity contribution in [3.05, 3.63) is 52.7 Å². The molecule has 0 saturated heterocycles. The molecule has 0 bridgehead atoms. The van der Waals surface area contributed by atoms with Gasteiger partial charge in [-0.05, 0) is 30.3 Å². The van der Waals surface area contributed by atoms with E-state index in [1.165, 1.54) is 0 Å². The number of aromatic amines is 1. The van der Waals surface area contributed by atoms with Crippen LogP contribution < -0.4 is 14.8 Å².